The topological polar surface area (TPSA) is 44.4 Å². The van der Waals surface area contributed by atoms with Gasteiger partial charge in [-0.3, -0.25) is 9.69 Å². The smallest absolute Gasteiger partial charge is 0.244 e. The molecule has 0 aromatic carbocycles. The highest BCUT2D eigenvalue weighted by atomic mass is 79.9. The molecule has 0 saturated carbocycles. The van der Waals surface area contributed by atoms with Crippen molar-refractivity contribution in [3.63, 3.8) is 0 Å². The molecule has 0 atom stereocenters. The second kappa shape index (κ2) is 5.69. The monoisotopic (exact) mass is 331 g/mol. The van der Waals surface area contributed by atoms with Gasteiger partial charge in [0.1, 0.15) is 0 Å². The maximum Gasteiger partial charge on any atom is 0.244 e. The summed E-state index contributed by atoms with van der Waals surface area (Å²) in [6.45, 7) is 7.68. The molecule has 4 nitrogen and oxygen atoms in total. The maximum absolute atomic E-state index is 12.4. The second-order valence-corrected chi connectivity index (χ2v) is 7.32. The normalized spacial score (nSPS) is 17.7. The summed E-state index contributed by atoms with van der Waals surface area (Å²) in [4.78, 5) is 14.6. The van der Waals surface area contributed by atoms with Crippen molar-refractivity contribution < 1.29 is 4.79 Å². The highest BCUT2D eigenvalue weighted by molar-refractivity contribution is 9.11. The number of piperazine rings is 1. The van der Waals surface area contributed by atoms with Gasteiger partial charge in [-0.15, -0.1) is 11.3 Å². The van der Waals surface area contributed by atoms with Crippen molar-refractivity contribution in [2.24, 2.45) is 0 Å². The Balaban J connectivity index is 2.02. The Hall–Kier alpha value is -0.430. The maximum atomic E-state index is 12.4. The number of carbonyl (C=O) groups excluding carboxylic acids is 1. The zero-order valence-electron chi connectivity index (χ0n) is 10.6. The fourth-order valence-corrected chi connectivity index (χ4v) is 3.30. The van der Waals surface area contributed by atoms with E-state index in [4.69, 9.17) is 0 Å². The number of hydrogen-bond donors (Lipinski definition) is 2. The molecule has 0 radical (unpaired) electrons. The van der Waals surface area contributed by atoms with Crippen molar-refractivity contribution in [3.05, 3.63) is 15.9 Å². The number of nitrogens with one attached hydrogen (secondary N) is 2. The van der Waals surface area contributed by atoms with E-state index in [1.807, 2.05) is 26.0 Å². The van der Waals surface area contributed by atoms with Crippen LogP contribution in [0, 0.1) is 0 Å². The second-order valence-electron chi connectivity index (χ2n) is 4.85. The van der Waals surface area contributed by atoms with Crippen molar-refractivity contribution in [1.29, 1.82) is 0 Å². The van der Waals surface area contributed by atoms with Gasteiger partial charge in [0.2, 0.25) is 5.91 Å². The molecule has 18 heavy (non-hydrogen) atoms. The van der Waals surface area contributed by atoms with Crippen LogP contribution in [0.4, 0.5) is 5.00 Å². The van der Waals surface area contributed by atoms with Gasteiger partial charge < -0.3 is 10.6 Å². The zero-order valence-corrected chi connectivity index (χ0v) is 13.0. The zero-order chi connectivity index (χ0) is 13.2. The standard InChI is InChI=1S/C12H18BrN3OS/c1-12(2,16-7-5-14-6-8-16)11(17)15-10-4-3-9(13)18-10/h3-4,14H,5-8H2,1-2H3,(H,15,17). The minimum atomic E-state index is -0.474. The van der Waals surface area contributed by atoms with Crippen molar-refractivity contribution in [2.75, 3.05) is 31.5 Å². The first kappa shape index (κ1) is 14.0. The summed E-state index contributed by atoms with van der Waals surface area (Å²) in [5.74, 6) is 0.0544. The fourth-order valence-electron chi connectivity index (χ4n) is 2.01. The minimum absolute atomic E-state index is 0.0544. The van der Waals surface area contributed by atoms with Crippen molar-refractivity contribution in [3.8, 4) is 0 Å². The van der Waals surface area contributed by atoms with Gasteiger partial charge in [0, 0.05) is 26.2 Å². The minimum Gasteiger partial charge on any atom is -0.316 e. The van der Waals surface area contributed by atoms with Crippen LogP contribution in [0.3, 0.4) is 0 Å². The summed E-state index contributed by atoms with van der Waals surface area (Å²) in [7, 11) is 0. The van der Waals surface area contributed by atoms with Crippen LogP contribution in [0.2, 0.25) is 0 Å². The van der Waals surface area contributed by atoms with Gasteiger partial charge in [-0.05, 0) is 41.9 Å². The lowest BCUT2D eigenvalue weighted by molar-refractivity contribution is -0.126. The molecule has 0 unspecified atom stereocenters. The van der Waals surface area contributed by atoms with E-state index < -0.39 is 5.54 Å². The van der Waals surface area contributed by atoms with E-state index in [2.05, 4.69) is 31.5 Å². The third-order valence-electron chi connectivity index (χ3n) is 3.27. The first-order valence-electron chi connectivity index (χ1n) is 6.03. The number of thiophene rings is 1. The molecule has 0 aliphatic carbocycles. The van der Waals surface area contributed by atoms with Crippen LogP contribution in [0.1, 0.15) is 13.8 Å². The highest BCUT2D eigenvalue weighted by Gasteiger charge is 2.35. The van der Waals surface area contributed by atoms with E-state index in [9.17, 15) is 4.79 Å². The number of carbonyl (C=O) groups is 1. The van der Waals surface area contributed by atoms with Gasteiger partial charge in [0.25, 0.3) is 0 Å². The predicted octanol–water partition coefficient (Wildman–Crippen LogP) is 2.13. The molecule has 100 valence electrons. The van der Waals surface area contributed by atoms with Gasteiger partial charge in [-0.1, -0.05) is 0 Å². The molecule has 1 aliphatic rings. The van der Waals surface area contributed by atoms with E-state index in [0.29, 0.717) is 0 Å². The molecular formula is C12H18BrN3OS. The average molecular weight is 332 g/mol. The Bertz CT molecular complexity index is 427. The molecule has 1 saturated heterocycles. The van der Waals surface area contributed by atoms with Crippen LogP contribution in [0.15, 0.2) is 15.9 Å². The predicted molar refractivity (Wildman–Crippen MR) is 79.2 cm³/mol. The molecule has 6 heteroatoms. The van der Waals surface area contributed by atoms with Gasteiger partial charge in [0.15, 0.2) is 0 Å². The molecule has 1 aliphatic heterocycles. The molecule has 2 rings (SSSR count). The number of rotatable bonds is 3. The van der Waals surface area contributed by atoms with Crippen molar-refractivity contribution in [1.82, 2.24) is 10.2 Å². The van der Waals surface area contributed by atoms with Gasteiger partial charge in [0.05, 0.1) is 14.3 Å². The summed E-state index contributed by atoms with van der Waals surface area (Å²) in [6.07, 6.45) is 0. The van der Waals surface area contributed by atoms with Gasteiger partial charge in [-0.25, -0.2) is 0 Å². The van der Waals surface area contributed by atoms with Crippen molar-refractivity contribution in [2.45, 2.75) is 19.4 Å². The Morgan fingerprint density at radius 1 is 1.44 bits per heavy atom. The molecule has 1 aromatic heterocycles. The number of hydrogen-bond acceptors (Lipinski definition) is 4. The van der Waals surface area contributed by atoms with Crippen LogP contribution in [-0.4, -0.2) is 42.5 Å². The van der Waals surface area contributed by atoms with Gasteiger partial charge >= 0.3 is 0 Å². The summed E-state index contributed by atoms with van der Waals surface area (Å²) in [5, 5.41) is 7.17. The third-order valence-corrected chi connectivity index (χ3v) is 4.81. The lowest BCUT2D eigenvalue weighted by Gasteiger charge is -2.39. The molecule has 2 heterocycles. The number of anilines is 1. The summed E-state index contributed by atoms with van der Waals surface area (Å²) in [6, 6.07) is 3.86. The molecule has 0 spiro atoms. The fraction of sp³-hybridized carbons (Fsp3) is 0.583. The Kier molecular flexibility index (Phi) is 4.42. The summed E-state index contributed by atoms with van der Waals surface area (Å²) < 4.78 is 1.03. The molecule has 2 N–H and O–H groups in total. The average Bonchev–Trinajstić information content (AvgIpc) is 2.76. The Morgan fingerprint density at radius 2 is 2.11 bits per heavy atom. The number of nitrogens with zero attached hydrogens (tertiary/aromatic N) is 1. The quantitative estimate of drug-likeness (QED) is 0.891. The lowest BCUT2D eigenvalue weighted by atomic mass is 10.0. The van der Waals surface area contributed by atoms with Gasteiger partial charge in [-0.2, -0.15) is 0 Å². The summed E-state index contributed by atoms with van der Waals surface area (Å²) in [5.41, 5.74) is -0.474. The van der Waals surface area contributed by atoms with Crippen LogP contribution < -0.4 is 10.6 Å². The van der Waals surface area contributed by atoms with E-state index >= 15 is 0 Å². The molecule has 1 fully saturated rings. The Labute approximate surface area is 120 Å². The van der Waals surface area contributed by atoms with Crippen molar-refractivity contribution >= 4 is 38.2 Å². The largest absolute Gasteiger partial charge is 0.316 e. The third kappa shape index (κ3) is 3.12. The van der Waals surface area contributed by atoms with E-state index in [-0.39, 0.29) is 5.91 Å². The van der Waals surface area contributed by atoms with E-state index in [1.165, 1.54) is 11.3 Å². The highest BCUT2D eigenvalue weighted by Crippen LogP contribution is 2.28. The first-order chi connectivity index (χ1) is 8.50. The SMILES string of the molecule is CC(C)(C(=O)Nc1ccc(Br)s1)N1CCNCC1. The molecule has 0 bridgehead atoms. The van der Waals surface area contributed by atoms with Crippen LogP contribution in [0.25, 0.3) is 0 Å². The molecule has 1 aromatic rings. The molecule has 1 amide bonds. The van der Waals surface area contributed by atoms with E-state index in [1.54, 1.807) is 0 Å². The van der Waals surface area contributed by atoms with E-state index in [0.717, 1.165) is 35.0 Å². The summed E-state index contributed by atoms with van der Waals surface area (Å²) >= 11 is 4.93. The van der Waals surface area contributed by atoms with Crippen LogP contribution in [0.5, 0.6) is 0 Å². The van der Waals surface area contributed by atoms with Crippen LogP contribution >= 0.6 is 27.3 Å². The first-order valence-corrected chi connectivity index (χ1v) is 7.63. The van der Waals surface area contributed by atoms with Crippen LogP contribution in [-0.2, 0) is 4.79 Å². The Morgan fingerprint density at radius 3 is 2.67 bits per heavy atom. The lowest BCUT2D eigenvalue weighted by Crippen LogP contribution is -2.58. The number of amides is 1. The number of halogens is 1. The molecular weight excluding hydrogens is 314 g/mol.